The third kappa shape index (κ3) is 2.59. The molecule has 6 heteroatoms. The number of halogens is 1. The number of rotatable bonds is 4. The molecule has 1 aliphatic rings. The fourth-order valence-electron chi connectivity index (χ4n) is 2.46. The van der Waals surface area contributed by atoms with Crippen LogP contribution in [0.3, 0.4) is 0 Å². The standard InChI is InChI=1S/C15H14BrN3O2/c16-12-9-19(7-8-21-15(10-17)4-2-5-15)14(20)13-11(12)3-1-6-18-13/h1,3,6,9H,2,4-5,7-8H2. The van der Waals surface area contributed by atoms with Gasteiger partial charge in [-0.25, -0.2) is 0 Å². The van der Waals surface area contributed by atoms with Gasteiger partial charge in [-0.15, -0.1) is 0 Å². The van der Waals surface area contributed by atoms with Gasteiger partial charge in [-0.05, 0) is 47.3 Å². The highest BCUT2D eigenvalue weighted by molar-refractivity contribution is 9.10. The van der Waals surface area contributed by atoms with Crippen LogP contribution in [0.4, 0.5) is 0 Å². The van der Waals surface area contributed by atoms with Gasteiger partial charge in [0.25, 0.3) is 5.56 Å². The summed E-state index contributed by atoms with van der Waals surface area (Å²) in [5.74, 6) is 0. The van der Waals surface area contributed by atoms with Crippen LogP contribution in [-0.2, 0) is 11.3 Å². The molecule has 0 atom stereocenters. The Labute approximate surface area is 130 Å². The molecule has 1 aliphatic carbocycles. The van der Waals surface area contributed by atoms with E-state index >= 15 is 0 Å². The molecule has 0 aromatic carbocycles. The lowest BCUT2D eigenvalue weighted by molar-refractivity contribution is -0.0588. The summed E-state index contributed by atoms with van der Waals surface area (Å²) in [7, 11) is 0. The molecule has 0 aliphatic heterocycles. The maximum absolute atomic E-state index is 12.3. The molecule has 1 saturated carbocycles. The number of pyridine rings is 2. The molecule has 0 unspecified atom stereocenters. The minimum Gasteiger partial charge on any atom is -0.358 e. The van der Waals surface area contributed by atoms with Crippen molar-refractivity contribution in [1.82, 2.24) is 9.55 Å². The average molecular weight is 348 g/mol. The second-order valence-electron chi connectivity index (χ2n) is 5.18. The SMILES string of the molecule is N#CC1(OCCn2cc(Br)c3cccnc3c2=O)CCC1. The Hall–Kier alpha value is -1.71. The summed E-state index contributed by atoms with van der Waals surface area (Å²) in [6.07, 6.45) is 5.94. The second kappa shape index (κ2) is 5.58. The number of hydrogen-bond acceptors (Lipinski definition) is 4. The van der Waals surface area contributed by atoms with Crippen molar-refractivity contribution in [3.05, 3.63) is 39.4 Å². The van der Waals surface area contributed by atoms with E-state index in [0.29, 0.717) is 18.7 Å². The lowest BCUT2D eigenvalue weighted by Gasteiger charge is -2.34. The Morgan fingerprint density at radius 2 is 2.33 bits per heavy atom. The van der Waals surface area contributed by atoms with Gasteiger partial charge in [0, 0.05) is 28.8 Å². The van der Waals surface area contributed by atoms with Gasteiger partial charge in [0.1, 0.15) is 5.52 Å². The van der Waals surface area contributed by atoms with E-state index in [9.17, 15) is 4.79 Å². The molecule has 0 bridgehead atoms. The second-order valence-corrected chi connectivity index (χ2v) is 6.04. The van der Waals surface area contributed by atoms with Crippen LogP contribution in [0.25, 0.3) is 10.9 Å². The first-order chi connectivity index (χ1) is 10.2. The third-order valence-electron chi connectivity index (χ3n) is 3.87. The van der Waals surface area contributed by atoms with Crippen molar-refractivity contribution in [2.75, 3.05) is 6.61 Å². The molecule has 3 rings (SSSR count). The molecule has 1 fully saturated rings. The topological polar surface area (TPSA) is 67.9 Å². The van der Waals surface area contributed by atoms with Gasteiger partial charge in [0.15, 0.2) is 5.60 Å². The average Bonchev–Trinajstić information content (AvgIpc) is 2.47. The van der Waals surface area contributed by atoms with Crippen molar-refractivity contribution < 1.29 is 4.74 Å². The summed E-state index contributed by atoms with van der Waals surface area (Å²) in [5.41, 5.74) is -0.335. The zero-order valence-corrected chi connectivity index (χ0v) is 13.0. The first-order valence-electron chi connectivity index (χ1n) is 6.84. The molecule has 21 heavy (non-hydrogen) atoms. The van der Waals surface area contributed by atoms with Crippen LogP contribution in [0.1, 0.15) is 19.3 Å². The van der Waals surface area contributed by atoms with Crippen molar-refractivity contribution in [2.45, 2.75) is 31.4 Å². The Balaban J connectivity index is 1.80. The molecular weight excluding hydrogens is 334 g/mol. The Kier molecular flexibility index (Phi) is 3.79. The van der Waals surface area contributed by atoms with Crippen LogP contribution in [0.2, 0.25) is 0 Å². The van der Waals surface area contributed by atoms with Crippen molar-refractivity contribution in [1.29, 1.82) is 5.26 Å². The summed E-state index contributed by atoms with van der Waals surface area (Å²) in [5, 5.41) is 9.91. The first-order valence-corrected chi connectivity index (χ1v) is 7.63. The zero-order chi connectivity index (χ0) is 14.9. The minimum absolute atomic E-state index is 0.142. The molecule has 0 N–H and O–H groups in total. The molecule has 2 aromatic rings. The largest absolute Gasteiger partial charge is 0.358 e. The molecular formula is C15H14BrN3O2. The highest BCUT2D eigenvalue weighted by Crippen LogP contribution is 2.34. The van der Waals surface area contributed by atoms with Crippen LogP contribution < -0.4 is 5.56 Å². The van der Waals surface area contributed by atoms with Crippen molar-refractivity contribution >= 4 is 26.8 Å². The van der Waals surface area contributed by atoms with Crippen LogP contribution in [0.15, 0.2) is 33.8 Å². The Bertz CT molecular complexity index is 775. The minimum atomic E-state index is -0.629. The number of nitrogens with zero attached hydrogens (tertiary/aromatic N) is 3. The van der Waals surface area contributed by atoms with E-state index in [0.717, 1.165) is 29.1 Å². The van der Waals surface area contributed by atoms with E-state index in [1.165, 1.54) is 0 Å². The number of ether oxygens (including phenoxy) is 1. The quantitative estimate of drug-likeness (QED) is 0.852. The monoisotopic (exact) mass is 347 g/mol. The molecule has 2 heterocycles. The Morgan fingerprint density at radius 3 is 3.00 bits per heavy atom. The van der Waals surface area contributed by atoms with Gasteiger partial charge >= 0.3 is 0 Å². The highest BCUT2D eigenvalue weighted by atomic mass is 79.9. The summed E-state index contributed by atoms with van der Waals surface area (Å²) < 4.78 is 8.06. The maximum atomic E-state index is 12.3. The van der Waals surface area contributed by atoms with Crippen LogP contribution in [0.5, 0.6) is 0 Å². The van der Waals surface area contributed by atoms with Gasteiger partial charge in [-0.2, -0.15) is 5.26 Å². The molecule has 0 radical (unpaired) electrons. The predicted molar refractivity (Wildman–Crippen MR) is 81.9 cm³/mol. The lowest BCUT2D eigenvalue weighted by atomic mass is 9.81. The van der Waals surface area contributed by atoms with Crippen LogP contribution >= 0.6 is 15.9 Å². The van der Waals surface area contributed by atoms with E-state index < -0.39 is 5.60 Å². The number of hydrogen-bond donors (Lipinski definition) is 0. The fourth-order valence-corrected chi connectivity index (χ4v) is 3.03. The van der Waals surface area contributed by atoms with Crippen LogP contribution in [0, 0.1) is 11.3 Å². The van der Waals surface area contributed by atoms with E-state index in [4.69, 9.17) is 10.00 Å². The fraction of sp³-hybridized carbons (Fsp3) is 0.400. The van der Waals surface area contributed by atoms with Gasteiger partial charge in [-0.1, -0.05) is 0 Å². The van der Waals surface area contributed by atoms with E-state index in [1.807, 2.05) is 6.07 Å². The van der Waals surface area contributed by atoms with Gasteiger partial charge in [-0.3, -0.25) is 9.78 Å². The Morgan fingerprint density at radius 1 is 1.52 bits per heavy atom. The van der Waals surface area contributed by atoms with Gasteiger partial charge in [0.05, 0.1) is 12.7 Å². The third-order valence-corrected chi connectivity index (χ3v) is 4.51. The molecule has 0 spiro atoms. The summed E-state index contributed by atoms with van der Waals surface area (Å²) >= 11 is 3.46. The predicted octanol–water partition coefficient (Wildman–Crippen LogP) is 2.62. The van der Waals surface area contributed by atoms with E-state index in [2.05, 4.69) is 27.0 Å². The van der Waals surface area contributed by atoms with Crippen molar-refractivity contribution in [2.24, 2.45) is 0 Å². The van der Waals surface area contributed by atoms with Gasteiger partial charge in [0.2, 0.25) is 0 Å². The number of nitriles is 1. The number of aromatic nitrogens is 2. The van der Waals surface area contributed by atoms with Crippen molar-refractivity contribution in [3.8, 4) is 6.07 Å². The van der Waals surface area contributed by atoms with E-state index in [1.54, 1.807) is 23.0 Å². The highest BCUT2D eigenvalue weighted by Gasteiger charge is 2.38. The van der Waals surface area contributed by atoms with Crippen molar-refractivity contribution in [3.63, 3.8) is 0 Å². The lowest BCUT2D eigenvalue weighted by Crippen LogP contribution is -2.39. The molecule has 0 saturated heterocycles. The molecule has 108 valence electrons. The summed E-state index contributed by atoms with van der Waals surface area (Å²) in [6.45, 7) is 0.756. The summed E-state index contributed by atoms with van der Waals surface area (Å²) in [6, 6.07) is 5.88. The molecule has 5 nitrogen and oxygen atoms in total. The normalized spacial score (nSPS) is 16.4. The number of fused-ring (bicyclic) bond motifs is 1. The maximum Gasteiger partial charge on any atom is 0.277 e. The first kappa shape index (κ1) is 14.2. The smallest absolute Gasteiger partial charge is 0.277 e. The van der Waals surface area contributed by atoms with Crippen LogP contribution in [-0.4, -0.2) is 21.8 Å². The zero-order valence-electron chi connectivity index (χ0n) is 11.4. The molecule has 2 aromatic heterocycles. The van der Waals surface area contributed by atoms with Gasteiger partial charge < -0.3 is 9.30 Å². The molecule has 0 amide bonds. The van der Waals surface area contributed by atoms with E-state index in [-0.39, 0.29) is 5.56 Å². The summed E-state index contributed by atoms with van der Waals surface area (Å²) in [4.78, 5) is 16.5.